The molecule has 0 saturated carbocycles. The van der Waals surface area contributed by atoms with Gasteiger partial charge in [0.15, 0.2) is 6.29 Å². The van der Waals surface area contributed by atoms with Gasteiger partial charge < -0.3 is 40.3 Å². The van der Waals surface area contributed by atoms with Crippen LogP contribution in [0.3, 0.4) is 0 Å². The van der Waals surface area contributed by atoms with Crippen LogP contribution >= 0.6 is 0 Å². The third-order valence-corrected chi connectivity index (χ3v) is 10.4. The average Bonchev–Trinajstić information content (AvgIpc) is 3.13. The molecule has 0 radical (unpaired) electrons. The van der Waals surface area contributed by atoms with E-state index in [2.05, 4.69) is 12.2 Å². The number of ether oxygens (including phenoxy) is 2. The van der Waals surface area contributed by atoms with E-state index in [-0.39, 0.29) is 12.5 Å². The number of aliphatic hydroxyl groups is 5. The molecule has 7 unspecified atom stereocenters. The van der Waals surface area contributed by atoms with Crippen LogP contribution in [-0.2, 0) is 14.3 Å². The van der Waals surface area contributed by atoms with Gasteiger partial charge in [0.25, 0.3) is 0 Å². The topological polar surface area (TPSA) is 149 Å². The van der Waals surface area contributed by atoms with E-state index in [0.29, 0.717) is 6.42 Å². The van der Waals surface area contributed by atoms with Crippen LogP contribution in [0.25, 0.3) is 0 Å². The Bertz CT molecular complexity index is 812. The van der Waals surface area contributed by atoms with Gasteiger partial charge in [0, 0.05) is 6.42 Å². The first-order chi connectivity index (χ1) is 24.8. The van der Waals surface area contributed by atoms with Crippen LogP contribution in [0.4, 0.5) is 0 Å². The number of carbonyl (C=O) groups excluding carboxylic acids is 1. The molecule has 0 bridgehead atoms. The fourth-order valence-corrected chi connectivity index (χ4v) is 6.84. The molecule has 0 spiro atoms. The molecule has 1 amide bonds. The molecule has 51 heavy (non-hydrogen) atoms. The van der Waals surface area contributed by atoms with Gasteiger partial charge in [-0.25, -0.2) is 0 Å². The molecule has 0 aromatic carbocycles. The molecular formula is C42H81NO8. The van der Waals surface area contributed by atoms with Crippen molar-refractivity contribution >= 4 is 5.91 Å². The number of amides is 1. The van der Waals surface area contributed by atoms with Crippen molar-refractivity contribution in [2.75, 3.05) is 13.2 Å². The second-order valence-electron chi connectivity index (χ2n) is 15.1. The minimum atomic E-state index is -1.56. The summed E-state index contributed by atoms with van der Waals surface area (Å²) in [6.07, 6.45) is 31.1. The maximum Gasteiger partial charge on any atom is 0.220 e. The zero-order valence-electron chi connectivity index (χ0n) is 32.9. The maximum atomic E-state index is 12.4. The van der Waals surface area contributed by atoms with Crippen LogP contribution in [0.15, 0.2) is 12.2 Å². The number of allylic oxidation sites excluding steroid dienone is 1. The molecule has 1 heterocycles. The van der Waals surface area contributed by atoms with Crippen LogP contribution in [0.1, 0.15) is 194 Å². The van der Waals surface area contributed by atoms with Crippen molar-refractivity contribution in [3.05, 3.63) is 12.2 Å². The van der Waals surface area contributed by atoms with Crippen LogP contribution in [0.5, 0.6) is 0 Å². The van der Waals surface area contributed by atoms with Crippen LogP contribution in [0.2, 0.25) is 0 Å². The van der Waals surface area contributed by atoms with Gasteiger partial charge in [-0.1, -0.05) is 180 Å². The molecule has 0 aliphatic carbocycles. The van der Waals surface area contributed by atoms with E-state index in [1.54, 1.807) is 6.08 Å². The Kier molecular flexibility index (Phi) is 31.5. The highest BCUT2D eigenvalue weighted by molar-refractivity contribution is 5.76. The number of nitrogens with one attached hydrogen (secondary N) is 1. The molecule has 302 valence electrons. The molecule has 0 aromatic rings. The van der Waals surface area contributed by atoms with Gasteiger partial charge in [-0.2, -0.15) is 0 Å². The summed E-state index contributed by atoms with van der Waals surface area (Å²) < 4.78 is 11.0. The van der Waals surface area contributed by atoms with Crippen molar-refractivity contribution in [2.24, 2.45) is 0 Å². The Morgan fingerprint density at radius 1 is 0.647 bits per heavy atom. The zero-order valence-corrected chi connectivity index (χ0v) is 32.9. The van der Waals surface area contributed by atoms with Gasteiger partial charge in [0.1, 0.15) is 24.4 Å². The molecule has 1 saturated heterocycles. The normalized spacial score (nSPS) is 22.1. The zero-order chi connectivity index (χ0) is 37.4. The number of unbranched alkanes of at least 4 members (excludes halogenated alkanes) is 25. The van der Waals surface area contributed by atoms with E-state index in [1.165, 1.54) is 141 Å². The van der Waals surface area contributed by atoms with Crippen molar-refractivity contribution in [1.29, 1.82) is 0 Å². The summed E-state index contributed by atoms with van der Waals surface area (Å²) in [6.45, 7) is 3.53. The summed E-state index contributed by atoms with van der Waals surface area (Å²) in [7, 11) is 0. The number of hydrogen-bond acceptors (Lipinski definition) is 8. The van der Waals surface area contributed by atoms with Gasteiger partial charge in [-0.3, -0.25) is 4.79 Å². The highest BCUT2D eigenvalue weighted by Crippen LogP contribution is 2.22. The van der Waals surface area contributed by atoms with Gasteiger partial charge in [0.05, 0.1) is 25.4 Å². The number of hydrogen-bond donors (Lipinski definition) is 6. The molecule has 7 atom stereocenters. The molecule has 0 aromatic heterocycles. The summed E-state index contributed by atoms with van der Waals surface area (Å²) in [5, 5.41) is 53.4. The minimum absolute atomic E-state index is 0.189. The molecule has 1 fully saturated rings. The molecule has 1 aliphatic rings. The quantitative estimate of drug-likeness (QED) is 0.0283. The first-order valence-corrected chi connectivity index (χ1v) is 21.4. The molecule has 1 rings (SSSR count). The minimum Gasteiger partial charge on any atom is -0.394 e. The summed E-state index contributed by atoms with van der Waals surface area (Å²) in [4.78, 5) is 12.4. The third-order valence-electron chi connectivity index (χ3n) is 10.4. The Labute approximate surface area is 312 Å². The summed E-state index contributed by atoms with van der Waals surface area (Å²) in [6, 6.07) is -0.794. The largest absolute Gasteiger partial charge is 0.394 e. The van der Waals surface area contributed by atoms with Crippen LogP contribution in [0, 0.1) is 0 Å². The van der Waals surface area contributed by atoms with Crippen LogP contribution < -0.4 is 5.32 Å². The molecule has 9 nitrogen and oxygen atoms in total. The fourth-order valence-electron chi connectivity index (χ4n) is 6.84. The summed E-state index contributed by atoms with van der Waals surface area (Å²) >= 11 is 0. The van der Waals surface area contributed by atoms with E-state index in [9.17, 15) is 30.3 Å². The summed E-state index contributed by atoms with van der Waals surface area (Å²) in [5.74, 6) is -0.211. The van der Waals surface area contributed by atoms with E-state index in [0.717, 1.165) is 32.1 Å². The molecule has 9 heteroatoms. The van der Waals surface area contributed by atoms with Crippen molar-refractivity contribution in [3.8, 4) is 0 Å². The number of rotatable bonds is 35. The Balaban J connectivity index is 2.08. The van der Waals surface area contributed by atoms with E-state index >= 15 is 0 Å². The lowest BCUT2D eigenvalue weighted by Crippen LogP contribution is -2.60. The Morgan fingerprint density at radius 3 is 1.51 bits per heavy atom. The van der Waals surface area contributed by atoms with Crippen molar-refractivity contribution < 1.29 is 39.8 Å². The number of aliphatic hydroxyl groups excluding tert-OH is 5. The standard InChI is InChI=1S/C42H81NO8/c1-3-5-7-8-9-10-11-12-13-14-15-16-17-18-19-20-21-22-23-24-25-26-27-28-29-30-31-36(45)35(43-38(46)32-6-4-2)34-50-42-41(49)40(48)39(47)37(33-44)51-42/h30-31,35-37,39-42,44-45,47-49H,3-29,32-34H2,1-2H3,(H,43,46)/b31-30+. The summed E-state index contributed by atoms with van der Waals surface area (Å²) in [5.41, 5.74) is 0. The highest BCUT2D eigenvalue weighted by Gasteiger charge is 2.44. The van der Waals surface area contributed by atoms with Crippen LogP contribution in [-0.4, -0.2) is 87.5 Å². The fraction of sp³-hybridized carbons (Fsp3) is 0.929. The SMILES string of the molecule is CCCCCCCCCCCCCCCCCCCCCCCCCC/C=C/C(O)C(COC1OC(CO)C(O)C(O)C1O)NC(=O)CCCC. The van der Waals surface area contributed by atoms with Crippen molar-refractivity contribution in [2.45, 2.75) is 236 Å². The van der Waals surface area contributed by atoms with E-state index in [4.69, 9.17) is 9.47 Å². The molecule has 1 aliphatic heterocycles. The molecule has 6 N–H and O–H groups in total. The monoisotopic (exact) mass is 728 g/mol. The highest BCUT2D eigenvalue weighted by atomic mass is 16.7. The van der Waals surface area contributed by atoms with Gasteiger partial charge >= 0.3 is 0 Å². The van der Waals surface area contributed by atoms with Crippen molar-refractivity contribution in [3.63, 3.8) is 0 Å². The average molecular weight is 728 g/mol. The van der Waals surface area contributed by atoms with Gasteiger partial charge in [-0.05, 0) is 19.3 Å². The first kappa shape index (κ1) is 48.0. The predicted octanol–water partition coefficient (Wildman–Crippen LogP) is 8.17. The number of carbonyl (C=O) groups is 1. The second kappa shape index (κ2) is 33.5. The Morgan fingerprint density at radius 2 is 1.08 bits per heavy atom. The Hall–Kier alpha value is -1.07. The smallest absolute Gasteiger partial charge is 0.220 e. The van der Waals surface area contributed by atoms with Crippen molar-refractivity contribution in [1.82, 2.24) is 5.32 Å². The first-order valence-electron chi connectivity index (χ1n) is 21.4. The molecular weight excluding hydrogens is 646 g/mol. The lowest BCUT2D eigenvalue weighted by atomic mass is 9.99. The predicted molar refractivity (Wildman–Crippen MR) is 207 cm³/mol. The third kappa shape index (κ3) is 24.8. The van der Waals surface area contributed by atoms with Gasteiger partial charge in [0.2, 0.25) is 5.91 Å². The maximum absolute atomic E-state index is 12.4. The lowest BCUT2D eigenvalue weighted by Gasteiger charge is -2.40. The lowest BCUT2D eigenvalue weighted by molar-refractivity contribution is -0.302. The second-order valence-corrected chi connectivity index (χ2v) is 15.1. The van der Waals surface area contributed by atoms with E-state index in [1.807, 2.05) is 13.0 Å². The van der Waals surface area contributed by atoms with E-state index < -0.39 is 49.5 Å². The van der Waals surface area contributed by atoms with Gasteiger partial charge in [-0.15, -0.1) is 0 Å².